The quantitative estimate of drug-likeness (QED) is 0.492. The van der Waals surface area contributed by atoms with Gasteiger partial charge >= 0.3 is 0 Å². The summed E-state index contributed by atoms with van der Waals surface area (Å²) in [6, 6.07) is 13.6. The van der Waals surface area contributed by atoms with E-state index in [-0.39, 0.29) is 11.6 Å². The summed E-state index contributed by atoms with van der Waals surface area (Å²) in [7, 11) is 1.81. The van der Waals surface area contributed by atoms with E-state index in [1.54, 1.807) is 6.20 Å². The number of carbonyl (C=O) groups excluding carboxylic acids is 1. The molecule has 0 unspecified atom stereocenters. The van der Waals surface area contributed by atoms with Crippen LogP contribution in [0.2, 0.25) is 0 Å². The smallest absolute Gasteiger partial charge is 0.271 e. The zero-order valence-electron chi connectivity index (χ0n) is 18.0. The molecule has 1 saturated carbocycles. The van der Waals surface area contributed by atoms with Crippen LogP contribution in [0.25, 0.3) is 16.9 Å². The molecule has 8 nitrogen and oxygen atoms in total. The monoisotopic (exact) mass is 443 g/mol. The Balaban J connectivity index is 1.42. The zero-order valence-corrected chi connectivity index (χ0v) is 18.0. The molecule has 0 saturated heterocycles. The fourth-order valence-corrected chi connectivity index (χ4v) is 4.42. The topological polar surface area (TPSA) is 87.4 Å². The maximum absolute atomic E-state index is 13.3. The Kier molecular flexibility index (Phi) is 4.49. The molecule has 0 bridgehead atoms. The lowest BCUT2D eigenvalue weighted by molar-refractivity contribution is 0.0940. The molecule has 6 rings (SSSR count). The third-order valence-corrected chi connectivity index (χ3v) is 6.23. The fourth-order valence-electron chi connectivity index (χ4n) is 4.42. The van der Waals surface area contributed by atoms with Crippen molar-refractivity contribution in [3.8, 4) is 11.3 Å². The van der Waals surface area contributed by atoms with Gasteiger partial charge in [0.1, 0.15) is 6.17 Å². The lowest BCUT2D eigenvalue weighted by Crippen LogP contribution is -2.28. The summed E-state index contributed by atoms with van der Waals surface area (Å²) >= 11 is 0. The molecule has 2 aliphatic rings. The summed E-state index contributed by atoms with van der Waals surface area (Å²) in [4.78, 5) is 23.8. The van der Waals surface area contributed by atoms with E-state index >= 15 is 0 Å². The van der Waals surface area contributed by atoms with Crippen molar-refractivity contribution in [3.63, 3.8) is 0 Å². The predicted molar refractivity (Wildman–Crippen MR) is 124 cm³/mol. The number of anilines is 3. The van der Waals surface area contributed by atoms with Crippen LogP contribution in [0.5, 0.6) is 0 Å². The average molecular weight is 443 g/mol. The highest BCUT2D eigenvalue weighted by Gasteiger charge is 2.39. The number of hydrogen-bond acceptors (Lipinski definition) is 6. The minimum absolute atomic E-state index is 0.282. The van der Waals surface area contributed by atoms with Gasteiger partial charge < -0.3 is 15.5 Å². The molecule has 1 aliphatic carbocycles. The van der Waals surface area contributed by atoms with Crippen LogP contribution in [0.1, 0.15) is 22.5 Å². The fraction of sp³-hybridized carbons (Fsp3) is 0.250. The number of alkyl halides is 1. The number of carbonyl (C=O) groups is 1. The molecule has 166 valence electrons. The number of benzene rings is 1. The van der Waals surface area contributed by atoms with Crippen LogP contribution in [0, 0.1) is 0 Å². The summed E-state index contributed by atoms with van der Waals surface area (Å²) in [5.74, 6) is 0.323. The van der Waals surface area contributed by atoms with Crippen molar-refractivity contribution in [2.75, 3.05) is 23.8 Å². The average Bonchev–Trinajstić information content (AvgIpc) is 3.22. The van der Waals surface area contributed by atoms with E-state index in [0.29, 0.717) is 17.9 Å². The highest BCUT2D eigenvalue weighted by Crippen LogP contribution is 2.39. The normalized spacial score (nSPS) is 18.9. The van der Waals surface area contributed by atoms with Crippen LogP contribution in [0.15, 0.2) is 54.9 Å². The van der Waals surface area contributed by atoms with Gasteiger partial charge in [-0.2, -0.15) is 0 Å². The van der Waals surface area contributed by atoms with E-state index in [0.717, 1.165) is 35.6 Å². The van der Waals surface area contributed by atoms with E-state index in [1.165, 1.54) is 16.3 Å². The Morgan fingerprint density at radius 1 is 1.18 bits per heavy atom. The molecule has 4 heterocycles. The second-order valence-corrected chi connectivity index (χ2v) is 8.30. The number of nitrogens with zero attached hydrogens (tertiary/aromatic N) is 5. The first-order chi connectivity index (χ1) is 16.1. The van der Waals surface area contributed by atoms with Gasteiger partial charge in [-0.3, -0.25) is 9.78 Å². The number of pyridine rings is 1. The molecule has 33 heavy (non-hydrogen) atoms. The standard InChI is InChI=1S/C24H22FN7O/c1-26-19-12-22(30-32-21(13-28-23(19)32)24(33)29-18-11-16(18)25)31-10-8-15-14(5-4-7-20(15)31)17-6-2-3-9-27-17/h2-7,9,12-13,16,18,26H,8,10-11H2,1H3,(H,29,33)/t16-,18+/m0/s1. The lowest BCUT2D eigenvalue weighted by Gasteiger charge is -2.20. The molecular weight excluding hydrogens is 421 g/mol. The summed E-state index contributed by atoms with van der Waals surface area (Å²) in [5, 5.41) is 10.6. The van der Waals surface area contributed by atoms with Gasteiger partial charge in [-0.25, -0.2) is 13.9 Å². The highest BCUT2D eigenvalue weighted by molar-refractivity contribution is 5.94. The van der Waals surface area contributed by atoms with Crippen molar-refractivity contribution in [2.24, 2.45) is 0 Å². The summed E-state index contributed by atoms with van der Waals surface area (Å²) in [6.07, 6.45) is 3.52. The number of hydrogen-bond donors (Lipinski definition) is 2. The number of aromatic nitrogens is 4. The summed E-state index contributed by atoms with van der Waals surface area (Å²) in [6.45, 7) is 0.753. The number of rotatable bonds is 5. The lowest BCUT2D eigenvalue weighted by atomic mass is 10.0. The van der Waals surface area contributed by atoms with Crippen LogP contribution >= 0.6 is 0 Å². The predicted octanol–water partition coefficient (Wildman–Crippen LogP) is 3.37. The molecule has 1 aromatic carbocycles. The van der Waals surface area contributed by atoms with Gasteiger partial charge in [-0.15, -0.1) is 5.10 Å². The maximum atomic E-state index is 13.3. The second-order valence-electron chi connectivity index (χ2n) is 8.30. The van der Waals surface area contributed by atoms with Crippen molar-refractivity contribution in [2.45, 2.75) is 25.1 Å². The molecule has 2 atom stereocenters. The third kappa shape index (κ3) is 3.27. The largest absolute Gasteiger partial charge is 0.385 e. The van der Waals surface area contributed by atoms with Crippen molar-refractivity contribution in [1.82, 2.24) is 24.9 Å². The Morgan fingerprint density at radius 3 is 2.82 bits per heavy atom. The van der Waals surface area contributed by atoms with E-state index in [9.17, 15) is 9.18 Å². The number of nitrogens with one attached hydrogen (secondary N) is 2. The van der Waals surface area contributed by atoms with Gasteiger partial charge in [-0.05, 0) is 30.2 Å². The third-order valence-electron chi connectivity index (χ3n) is 6.23. The van der Waals surface area contributed by atoms with Crippen LogP contribution in [-0.2, 0) is 6.42 Å². The van der Waals surface area contributed by atoms with E-state index in [2.05, 4.69) is 37.6 Å². The van der Waals surface area contributed by atoms with Crippen molar-refractivity contribution >= 4 is 28.7 Å². The SMILES string of the molecule is CNc1cc(N2CCc3c(-c4ccccn4)cccc32)nn2c(C(=O)N[C@@H]3C[C@@H]3F)cnc12. The maximum Gasteiger partial charge on any atom is 0.271 e. The van der Waals surface area contributed by atoms with Crippen molar-refractivity contribution in [1.29, 1.82) is 0 Å². The van der Waals surface area contributed by atoms with Crippen LogP contribution in [0.4, 0.5) is 21.6 Å². The Morgan fingerprint density at radius 2 is 2.06 bits per heavy atom. The Bertz CT molecular complexity index is 1370. The number of fused-ring (bicyclic) bond motifs is 2. The molecule has 0 spiro atoms. The first-order valence-corrected chi connectivity index (χ1v) is 11.0. The number of imidazole rings is 1. The molecule has 1 aliphatic heterocycles. The molecular formula is C24H22FN7O. The van der Waals surface area contributed by atoms with E-state index < -0.39 is 12.2 Å². The first-order valence-electron chi connectivity index (χ1n) is 11.0. The van der Waals surface area contributed by atoms with Crippen LogP contribution in [-0.4, -0.2) is 51.3 Å². The summed E-state index contributed by atoms with van der Waals surface area (Å²) < 4.78 is 14.8. The molecule has 3 aromatic heterocycles. The van der Waals surface area contributed by atoms with Crippen molar-refractivity contribution < 1.29 is 9.18 Å². The van der Waals surface area contributed by atoms with Crippen LogP contribution < -0.4 is 15.5 Å². The molecule has 1 fully saturated rings. The minimum Gasteiger partial charge on any atom is -0.385 e. The number of halogens is 1. The minimum atomic E-state index is -0.973. The van der Waals surface area contributed by atoms with Gasteiger partial charge in [0.15, 0.2) is 17.2 Å². The van der Waals surface area contributed by atoms with E-state index in [4.69, 9.17) is 5.10 Å². The molecule has 2 N–H and O–H groups in total. The first kappa shape index (κ1) is 19.7. The van der Waals surface area contributed by atoms with Gasteiger partial charge in [0.25, 0.3) is 5.91 Å². The molecule has 4 aromatic rings. The number of amides is 1. The van der Waals surface area contributed by atoms with Crippen LogP contribution in [0.3, 0.4) is 0 Å². The summed E-state index contributed by atoms with van der Waals surface area (Å²) in [5.41, 5.74) is 5.91. The highest BCUT2D eigenvalue weighted by atomic mass is 19.1. The second kappa shape index (κ2) is 7.54. The van der Waals surface area contributed by atoms with Crippen molar-refractivity contribution in [3.05, 3.63) is 66.1 Å². The van der Waals surface area contributed by atoms with Gasteiger partial charge in [0, 0.05) is 43.5 Å². The van der Waals surface area contributed by atoms with Gasteiger partial charge in [0.05, 0.1) is 23.6 Å². The Labute approximate surface area is 189 Å². The van der Waals surface area contributed by atoms with Gasteiger partial charge in [0.2, 0.25) is 0 Å². The van der Waals surface area contributed by atoms with Gasteiger partial charge in [-0.1, -0.05) is 18.2 Å². The molecule has 9 heteroatoms. The molecule has 0 radical (unpaired) electrons. The Hall–Kier alpha value is -4.01. The molecule has 1 amide bonds. The van der Waals surface area contributed by atoms with E-state index in [1.807, 2.05) is 37.4 Å². The zero-order chi connectivity index (χ0) is 22.5.